The van der Waals surface area contributed by atoms with Crippen molar-refractivity contribution in [3.05, 3.63) is 35.9 Å². The Balaban J connectivity index is 2.72. The number of carbonyl (C=O) groups excluding carboxylic acids is 1. The minimum absolute atomic E-state index is 0.0455. The van der Waals surface area contributed by atoms with Crippen LogP contribution in [0.1, 0.15) is 11.6 Å². The third-order valence-electron chi connectivity index (χ3n) is 1.91. The number of ether oxygens (including phenoxy) is 1. The molecule has 0 saturated carbocycles. The smallest absolute Gasteiger partial charge is 0.215 e. The molecule has 0 aliphatic rings. The molecule has 0 aliphatic carbocycles. The van der Waals surface area contributed by atoms with Gasteiger partial charge in [0.05, 0.1) is 12.6 Å². The first-order chi connectivity index (χ1) is 6.74. The Kier molecular flexibility index (Phi) is 4.20. The Bertz CT molecular complexity index is 289. The van der Waals surface area contributed by atoms with Gasteiger partial charge in [0, 0.05) is 7.11 Å². The van der Waals surface area contributed by atoms with Crippen LogP contribution in [0.4, 0.5) is 4.79 Å². The monoisotopic (exact) mass is 191 g/mol. The first-order valence-corrected chi connectivity index (χ1v) is 4.55. The van der Waals surface area contributed by atoms with Crippen LogP contribution in [0.15, 0.2) is 30.3 Å². The van der Waals surface area contributed by atoms with E-state index in [0.29, 0.717) is 6.61 Å². The molecule has 14 heavy (non-hydrogen) atoms. The summed E-state index contributed by atoms with van der Waals surface area (Å²) in [5, 5.41) is 2.83. The molecular formula is C10H14BNO2. The van der Waals surface area contributed by atoms with E-state index in [1.54, 1.807) is 7.11 Å². The summed E-state index contributed by atoms with van der Waals surface area (Å²) >= 11 is 0. The number of carbonyl (C=O) groups is 1. The Morgan fingerprint density at radius 3 is 2.64 bits per heavy atom. The van der Waals surface area contributed by atoms with E-state index in [4.69, 9.17) is 4.74 Å². The highest BCUT2D eigenvalue weighted by Crippen LogP contribution is 2.12. The molecular weight excluding hydrogens is 177 g/mol. The molecule has 0 aromatic heterocycles. The molecule has 0 heterocycles. The van der Waals surface area contributed by atoms with Gasteiger partial charge in [-0.25, -0.2) is 0 Å². The van der Waals surface area contributed by atoms with Crippen LogP contribution in [0.2, 0.25) is 0 Å². The number of nitrogens with one attached hydrogen (secondary N) is 1. The van der Waals surface area contributed by atoms with Crippen LogP contribution < -0.4 is 5.32 Å². The van der Waals surface area contributed by atoms with Crippen LogP contribution >= 0.6 is 0 Å². The van der Waals surface area contributed by atoms with Gasteiger partial charge in [-0.3, -0.25) is 4.79 Å². The maximum absolute atomic E-state index is 10.9. The summed E-state index contributed by atoms with van der Waals surface area (Å²) in [4.78, 5) is 10.9. The van der Waals surface area contributed by atoms with Crippen LogP contribution in [-0.4, -0.2) is 27.4 Å². The SMILES string of the molecule is BC(=O)N[C@H](COC)c1ccccc1. The van der Waals surface area contributed by atoms with Gasteiger partial charge in [0.1, 0.15) is 0 Å². The van der Waals surface area contributed by atoms with E-state index in [1.807, 2.05) is 30.3 Å². The fourth-order valence-corrected chi connectivity index (χ4v) is 1.32. The second-order valence-electron chi connectivity index (χ2n) is 3.12. The number of methoxy groups -OCH3 is 1. The Morgan fingerprint density at radius 2 is 2.14 bits per heavy atom. The number of rotatable bonds is 4. The van der Waals surface area contributed by atoms with Crippen molar-refractivity contribution in [2.24, 2.45) is 0 Å². The second kappa shape index (κ2) is 5.45. The highest BCUT2D eigenvalue weighted by molar-refractivity contribution is 6.57. The maximum atomic E-state index is 10.9. The Labute approximate surface area is 84.9 Å². The molecule has 1 aromatic carbocycles. The molecule has 1 atom stereocenters. The molecule has 3 nitrogen and oxygen atoms in total. The standard InChI is InChI=1S/C10H14BNO2/c1-14-7-9(12-10(11)13)8-5-3-2-4-6-8/h2-6,9H,7,11H2,1H3,(H,12,13)/t9-/m1/s1. The third-order valence-corrected chi connectivity index (χ3v) is 1.91. The summed E-state index contributed by atoms with van der Waals surface area (Å²) in [7, 11) is 3.13. The van der Waals surface area contributed by atoms with Gasteiger partial charge < -0.3 is 10.1 Å². The number of benzene rings is 1. The fourth-order valence-electron chi connectivity index (χ4n) is 1.32. The van der Waals surface area contributed by atoms with E-state index in [1.165, 1.54) is 7.85 Å². The van der Waals surface area contributed by atoms with Crippen LogP contribution in [0.25, 0.3) is 0 Å². The van der Waals surface area contributed by atoms with E-state index in [9.17, 15) is 4.79 Å². The Morgan fingerprint density at radius 1 is 1.50 bits per heavy atom. The lowest BCUT2D eigenvalue weighted by atomic mass is 10.0. The Hall–Kier alpha value is -1.29. The molecule has 0 saturated heterocycles. The van der Waals surface area contributed by atoms with Crippen molar-refractivity contribution < 1.29 is 9.53 Å². The van der Waals surface area contributed by atoms with E-state index in [-0.39, 0.29) is 11.8 Å². The van der Waals surface area contributed by atoms with Crippen molar-refractivity contribution in [3.63, 3.8) is 0 Å². The van der Waals surface area contributed by atoms with Gasteiger partial charge in [-0.2, -0.15) is 0 Å². The molecule has 0 spiro atoms. The number of hydrogen-bond acceptors (Lipinski definition) is 2. The zero-order valence-corrected chi connectivity index (χ0v) is 8.49. The van der Waals surface area contributed by atoms with Gasteiger partial charge in [0.15, 0.2) is 5.81 Å². The molecule has 1 N–H and O–H groups in total. The van der Waals surface area contributed by atoms with E-state index >= 15 is 0 Å². The van der Waals surface area contributed by atoms with Crippen molar-refractivity contribution in [2.45, 2.75) is 6.04 Å². The lowest BCUT2D eigenvalue weighted by Gasteiger charge is -2.17. The summed E-state index contributed by atoms with van der Waals surface area (Å²) in [6, 6.07) is 9.72. The van der Waals surface area contributed by atoms with Gasteiger partial charge in [0.25, 0.3) is 0 Å². The second-order valence-corrected chi connectivity index (χ2v) is 3.12. The van der Waals surface area contributed by atoms with Crippen LogP contribution in [-0.2, 0) is 4.74 Å². The third kappa shape index (κ3) is 3.22. The molecule has 1 rings (SSSR count). The zero-order valence-electron chi connectivity index (χ0n) is 8.49. The molecule has 0 radical (unpaired) electrons. The number of amides is 1. The summed E-state index contributed by atoms with van der Waals surface area (Å²) in [5.74, 6) is -0.0455. The lowest BCUT2D eigenvalue weighted by Crippen LogP contribution is -2.30. The highest BCUT2D eigenvalue weighted by Gasteiger charge is 2.10. The van der Waals surface area contributed by atoms with Gasteiger partial charge in [-0.1, -0.05) is 30.3 Å². The minimum Gasteiger partial charge on any atom is -0.382 e. The lowest BCUT2D eigenvalue weighted by molar-refractivity contribution is 0.169. The van der Waals surface area contributed by atoms with Crippen molar-refractivity contribution in [1.29, 1.82) is 0 Å². The van der Waals surface area contributed by atoms with E-state index in [0.717, 1.165) is 5.56 Å². The van der Waals surface area contributed by atoms with Crippen molar-refractivity contribution >= 4 is 13.7 Å². The van der Waals surface area contributed by atoms with Gasteiger partial charge in [-0.15, -0.1) is 0 Å². The average molecular weight is 191 g/mol. The number of hydrogen-bond donors (Lipinski definition) is 1. The van der Waals surface area contributed by atoms with E-state index < -0.39 is 0 Å². The molecule has 1 amide bonds. The first-order valence-electron chi connectivity index (χ1n) is 4.55. The predicted molar refractivity (Wildman–Crippen MR) is 58.1 cm³/mol. The summed E-state index contributed by atoms with van der Waals surface area (Å²) in [6.07, 6.45) is 0. The van der Waals surface area contributed by atoms with Crippen molar-refractivity contribution in [1.82, 2.24) is 5.32 Å². The molecule has 74 valence electrons. The molecule has 0 fully saturated rings. The average Bonchev–Trinajstić information content (AvgIpc) is 2.18. The summed E-state index contributed by atoms with van der Waals surface area (Å²) in [5.41, 5.74) is 1.06. The summed E-state index contributed by atoms with van der Waals surface area (Å²) in [6.45, 7) is 0.490. The van der Waals surface area contributed by atoms with Gasteiger partial charge in [0.2, 0.25) is 7.85 Å². The molecule has 0 unspecified atom stereocenters. The van der Waals surface area contributed by atoms with Crippen molar-refractivity contribution in [2.75, 3.05) is 13.7 Å². The van der Waals surface area contributed by atoms with Gasteiger partial charge >= 0.3 is 0 Å². The minimum atomic E-state index is -0.0568. The largest absolute Gasteiger partial charge is 0.382 e. The molecule has 0 aliphatic heterocycles. The quantitative estimate of drug-likeness (QED) is 0.712. The topological polar surface area (TPSA) is 38.3 Å². The molecule has 1 aromatic rings. The normalized spacial score (nSPS) is 12.1. The maximum Gasteiger partial charge on any atom is 0.215 e. The molecule has 0 bridgehead atoms. The zero-order chi connectivity index (χ0) is 10.4. The predicted octanol–water partition coefficient (Wildman–Crippen LogP) is 0.717. The first kappa shape index (κ1) is 10.8. The van der Waals surface area contributed by atoms with Gasteiger partial charge in [-0.05, 0) is 5.56 Å². The van der Waals surface area contributed by atoms with Crippen molar-refractivity contribution in [3.8, 4) is 0 Å². The van der Waals surface area contributed by atoms with Crippen LogP contribution in [0, 0.1) is 0 Å². The van der Waals surface area contributed by atoms with E-state index in [2.05, 4.69) is 5.32 Å². The summed E-state index contributed by atoms with van der Waals surface area (Å²) < 4.78 is 5.04. The molecule has 4 heteroatoms. The van der Waals surface area contributed by atoms with Crippen LogP contribution in [0.5, 0.6) is 0 Å². The van der Waals surface area contributed by atoms with Crippen LogP contribution in [0.3, 0.4) is 0 Å². The fraction of sp³-hybridized carbons (Fsp3) is 0.300. The highest BCUT2D eigenvalue weighted by atomic mass is 16.5.